The Labute approximate surface area is 107 Å². The minimum absolute atomic E-state index is 0.0889. The molecule has 0 aliphatic heterocycles. The van der Waals surface area contributed by atoms with Gasteiger partial charge < -0.3 is 9.73 Å². The molecule has 1 unspecified atom stereocenters. The van der Waals surface area contributed by atoms with Crippen LogP contribution in [0.3, 0.4) is 0 Å². The Kier molecular flexibility index (Phi) is 3.77. The normalized spacial score (nSPS) is 12.7. The molecular weight excluding hydrogens is 226 g/mol. The second-order valence-corrected chi connectivity index (χ2v) is 4.64. The average molecular weight is 245 g/mol. The molecule has 1 N–H and O–H groups in total. The van der Waals surface area contributed by atoms with Gasteiger partial charge in [0.1, 0.15) is 0 Å². The predicted octanol–water partition coefficient (Wildman–Crippen LogP) is 2.56. The number of rotatable bonds is 4. The maximum absolute atomic E-state index is 5.63. The van der Waals surface area contributed by atoms with Crippen LogP contribution < -0.4 is 5.32 Å². The van der Waals surface area contributed by atoms with E-state index in [0.29, 0.717) is 18.2 Å². The van der Waals surface area contributed by atoms with Crippen LogP contribution in [-0.2, 0) is 6.42 Å². The first-order valence-corrected chi connectivity index (χ1v) is 6.16. The van der Waals surface area contributed by atoms with Crippen LogP contribution in [-0.4, -0.2) is 17.2 Å². The molecule has 0 saturated carbocycles. The van der Waals surface area contributed by atoms with Crippen molar-refractivity contribution in [2.24, 2.45) is 0 Å². The maximum atomic E-state index is 5.63. The zero-order valence-electron chi connectivity index (χ0n) is 11.3. The van der Waals surface area contributed by atoms with Crippen LogP contribution in [0.5, 0.6) is 0 Å². The fourth-order valence-electron chi connectivity index (χ4n) is 1.72. The number of aromatic nitrogens is 2. The number of nitrogens with zero attached hydrogens (tertiary/aromatic N) is 2. The van der Waals surface area contributed by atoms with E-state index in [2.05, 4.69) is 47.6 Å². The molecule has 0 radical (unpaired) electrons. The fourth-order valence-corrected chi connectivity index (χ4v) is 1.72. The van der Waals surface area contributed by atoms with Crippen LogP contribution in [0.4, 0.5) is 0 Å². The van der Waals surface area contributed by atoms with E-state index >= 15 is 0 Å². The van der Waals surface area contributed by atoms with E-state index in [1.54, 1.807) is 0 Å². The topological polar surface area (TPSA) is 51.0 Å². The van der Waals surface area contributed by atoms with Gasteiger partial charge in [0.15, 0.2) is 0 Å². The van der Waals surface area contributed by atoms with Crippen LogP contribution in [0.15, 0.2) is 22.6 Å². The van der Waals surface area contributed by atoms with Crippen LogP contribution >= 0.6 is 0 Å². The minimum Gasteiger partial charge on any atom is -0.423 e. The third-order valence-electron chi connectivity index (χ3n) is 3.21. The summed E-state index contributed by atoms with van der Waals surface area (Å²) in [5.41, 5.74) is 3.79. The Morgan fingerprint density at radius 3 is 2.67 bits per heavy atom. The van der Waals surface area contributed by atoms with Crippen LogP contribution in [0.2, 0.25) is 0 Å². The van der Waals surface area contributed by atoms with E-state index in [9.17, 15) is 0 Å². The molecule has 0 spiro atoms. The van der Waals surface area contributed by atoms with Gasteiger partial charge in [-0.05, 0) is 44.5 Å². The Morgan fingerprint density at radius 2 is 2.00 bits per heavy atom. The lowest BCUT2D eigenvalue weighted by Gasteiger charge is -2.04. The summed E-state index contributed by atoms with van der Waals surface area (Å²) >= 11 is 0. The Balaban J connectivity index is 2.13. The molecule has 1 heterocycles. The van der Waals surface area contributed by atoms with Crippen molar-refractivity contribution in [3.05, 3.63) is 46.7 Å². The van der Waals surface area contributed by atoms with Gasteiger partial charge in [0.25, 0.3) is 0 Å². The maximum Gasteiger partial charge on any atom is 0.233 e. The number of benzene rings is 1. The molecule has 96 valence electrons. The molecule has 0 aliphatic rings. The molecule has 1 atom stereocenters. The standard InChI is InChI=1S/C14H19N3O/c1-9-5-6-12(7-10(9)2)8-13-16-17-14(18-13)11(3)15-4/h5-7,11,15H,8H2,1-4H3. The molecule has 0 fully saturated rings. The van der Waals surface area contributed by atoms with Crippen LogP contribution in [0.25, 0.3) is 0 Å². The predicted molar refractivity (Wildman–Crippen MR) is 70.5 cm³/mol. The summed E-state index contributed by atoms with van der Waals surface area (Å²) in [6.07, 6.45) is 0.685. The molecule has 1 aromatic heterocycles. The quantitative estimate of drug-likeness (QED) is 0.899. The van der Waals surface area contributed by atoms with Crippen molar-refractivity contribution in [1.82, 2.24) is 15.5 Å². The molecule has 2 aromatic rings. The Morgan fingerprint density at radius 1 is 1.22 bits per heavy atom. The average Bonchev–Trinajstić information content (AvgIpc) is 2.81. The zero-order chi connectivity index (χ0) is 13.1. The van der Waals surface area contributed by atoms with Crippen LogP contribution in [0, 0.1) is 13.8 Å². The lowest BCUT2D eigenvalue weighted by Crippen LogP contribution is -2.12. The van der Waals surface area contributed by atoms with E-state index in [1.165, 1.54) is 16.7 Å². The van der Waals surface area contributed by atoms with E-state index < -0.39 is 0 Å². The largest absolute Gasteiger partial charge is 0.423 e. The molecule has 0 aliphatic carbocycles. The van der Waals surface area contributed by atoms with Crippen molar-refractivity contribution in [3.8, 4) is 0 Å². The highest BCUT2D eigenvalue weighted by Crippen LogP contribution is 2.15. The van der Waals surface area contributed by atoms with Gasteiger partial charge in [-0.15, -0.1) is 10.2 Å². The summed E-state index contributed by atoms with van der Waals surface area (Å²) in [4.78, 5) is 0. The van der Waals surface area contributed by atoms with Crippen molar-refractivity contribution >= 4 is 0 Å². The van der Waals surface area contributed by atoms with Gasteiger partial charge >= 0.3 is 0 Å². The molecule has 0 amide bonds. The molecule has 0 saturated heterocycles. The molecule has 2 rings (SSSR count). The van der Waals surface area contributed by atoms with E-state index in [-0.39, 0.29) is 6.04 Å². The monoisotopic (exact) mass is 245 g/mol. The van der Waals surface area contributed by atoms with Gasteiger partial charge in [0.2, 0.25) is 11.8 Å². The summed E-state index contributed by atoms with van der Waals surface area (Å²) in [6, 6.07) is 6.48. The first kappa shape index (κ1) is 12.8. The number of hydrogen-bond acceptors (Lipinski definition) is 4. The Bertz CT molecular complexity index is 534. The highest BCUT2D eigenvalue weighted by Gasteiger charge is 2.12. The van der Waals surface area contributed by atoms with Crippen molar-refractivity contribution in [1.29, 1.82) is 0 Å². The van der Waals surface area contributed by atoms with Crippen molar-refractivity contribution in [3.63, 3.8) is 0 Å². The SMILES string of the molecule is CNC(C)c1nnc(Cc2ccc(C)c(C)c2)o1. The van der Waals surface area contributed by atoms with Gasteiger partial charge in [0.05, 0.1) is 12.5 Å². The highest BCUT2D eigenvalue weighted by atomic mass is 16.4. The van der Waals surface area contributed by atoms with E-state index in [4.69, 9.17) is 4.42 Å². The lowest BCUT2D eigenvalue weighted by molar-refractivity contribution is 0.410. The van der Waals surface area contributed by atoms with Gasteiger partial charge in [-0.25, -0.2) is 0 Å². The molecule has 4 nitrogen and oxygen atoms in total. The number of aryl methyl sites for hydroxylation is 2. The Hall–Kier alpha value is -1.68. The van der Waals surface area contributed by atoms with E-state index in [1.807, 2.05) is 14.0 Å². The minimum atomic E-state index is 0.0889. The second-order valence-electron chi connectivity index (χ2n) is 4.64. The fraction of sp³-hybridized carbons (Fsp3) is 0.429. The molecule has 4 heteroatoms. The smallest absolute Gasteiger partial charge is 0.233 e. The number of nitrogens with one attached hydrogen (secondary N) is 1. The molecule has 0 bridgehead atoms. The zero-order valence-corrected chi connectivity index (χ0v) is 11.3. The van der Waals surface area contributed by atoms with E-state index in [0.717, 1.165) is 0 Å². The third kappa shape index (κ3) is 2.76. The molecule has 18 heavy (non-hydrogen) atoms. The van der Waals surface area contributed by atoms with Crippen LogP contribution in [0.1, 0.15) is 41.4 Å². The number of hydrogen-bond donors (Lipinski definition) is 1. The summed E-state index contributed by atoms with van der Waals surface area (Å²) in [7, 11) is 1.87. The van der Waals surface area contributed by atoms with Gasteiger partial charge in [-0.3, -0.25) is 0 Å². The van der Waals surface area contributed by atoms with Gasteiger partial charge in [-0.1, -0.05) is 18.2 Å². The first-order chi connectivity index (χ1) is 8.60. The third-order valence-corrected chi connectivity index (χ3v) is 3.21. The van der Waals surface area contributed by atoms with Gasteiger partial charge in [-0.2, -0.15) is 0 Å². The summed E-state index contributed by atoms with van der Waals surface area (Å²) in [6.45, 7) is 6.22. The molecule has 1 aromatic carbocycles. The van der Waals surface area contributed by atoms with Crippen molar-refractivity contribution in [2.75, 3.05) is 7.05 Å². The second kappa shape index (κ2) is 5.31. The molecular formula is C14H19N3O. The first-order valence-electron chi connectivity index (χ1n) is 6.16. The van der Waals surface area contributed by atoms with Crippen molar-refractivity contribution < 1.29 is 4.42 Å². The highest BCUT2D eigenvalue weighted by molar-refractivity contribution is 5.31. The summed E-state index contributed by atoms with van der Waals surface area (Å²) in [5, 5.41) is 11.2. The van der Waals surface area contributed by atoms with Crippen molar-refractivity contribution in [2.45, 2.75) is 33.2 Å². The summed E-state index contributed by atoms with van der Waals surface area (Å²) in [5.74, 6) is 1.30. The summed E-state index contributed by atoms with van der Waals surface area (Å²) < 4.78 is 5.63. The van der Waals surface area contributed by atoms with Gasteiger partial charge in [0, 0.05) is 0 Å². The lowest BCUT2D eigenvalue weighted by atomic mass is 10.0.